The molecule has 190 valence electrons. The van der Waals surface area contributed by atoms with Crippen LogP contribution < -0.4 is 5.32 Å². The summed E-state index contributed by atoms with van der Waals surface area (Å²) in [5, 5.41) is 5.92. The minimum atomic E-state index is -0.362. The summed E-state index contributed by atoms with van der Waals surface area (Å²) in [4.78, 5) is 33.3. The molecule has 1 fully saturated rings. The lowest BCUT2D eigenvalue weighted by Gasteiger charge is -2.24. The normalized spacial score (nSPS) is 15.0. The van der Waals surface area contributed by atoms with Crippen LogP contribution in [0, 0.1) is 0 Å². The molecule has 1 saturated heterocycles. The van der Waals surface area contributed by atoms with E-state index in [0.29, 0.717) is 39.7 Å². The van der Waals surface area contributed by atoms with Crippen LogP contribution >= 0.6 is 34.5 Å². The van der Waals surface area contributed by atoms with Crippen molar-refractivity contribution in [1.82, 2.24) is 14.5 Å². The molecule has 4 aromatic rings. The predicted octanol–water partition coefficient (Wildman–Crippen LogP) is 6.17. The average Bonchev–Trinajstić information content (AvgIpc) is 3.66. The van der Waals surface area contributed by atoms with Crippen molar-refractivity contribution < 1.29 is 14.3 Å². The number of thiophene rings is 1. The second-order valence-corrected chi connectivity index (χ2v) is 10.5. The van der Waals surface area contributed by atoms with Crippen LogP contribution in [0.25, 0.3) is 16.9 Å². The van der Waals surface area contributed by atoms with Crippen molar-refractivity contribution in [2.75, 3.05) is 25.0 Å². The molecule has 0 bridgehead atoms. The molecule has 10 heteroatoms. The Labute approximate surface area is 228 Å². The maximum Gasteiger partial charge on any atom is 0.264 e. The molecule has 1 aliphatic rings. The fraction of sp³-hybridized carbons (Fsp3) is 0.222. The van der Waals surface area contributed by atoms with Crippen molar-refractivity contribution in [2.24, 2.45) is 0 Å². The van der Waals surface area contributed by atoms with E-state index >= 15 is 0 Å². The first-order valence-corrected chi connectivity index (χ1v) is 13.5. The summed E-state index contributed by atoms with van der Waals surface area (Å²) < 4.78 is 7.50. The molecule has 1 N–H and O–H groups in total. The van der Waals surface area contributed by atoms with Gasteiger partial charge in [-0.2, -0.15) is 0 Å². The molecule has 1 atom stereocenters. The molecule has 7 nitrogen and oxygen atoms in total. The van der Waals surface area contributed by atoms with Gasteiger partial charge in [-0.3, -0.25) is 19.5 Å². The minimum Gasteiger partial charge on any atom is -0.376 e. The van der Waals surface area contributed by atoms with E-state index in [-0.39, 0.29) is 24.5 Å². The Bertz CT molecular complexity index is 1380. The largest absolute Gasteiger partial charge is 0.376 e. The van der Waals surface area contributed by atoms with Crippen LogP contribution in [0.4, 0.5) is 5.95 Å². The Hall–Kier alpha value is -3.17. The Balaban J connectivity index is 1.41. The van der Waals surface area contributed by atoms with E-state index in [1.807, 2.05) is 41.9 Å². The summed E-state index contributed by atoms with van der Waals surface area (Å²) in [6.45, 7) is 0.890. The molecule has 2 aromatic carbocycles. The zero-order valence-corrected chi connectivity index (χ0v) is 22.1. The van der Waals surface area contributed by atoms with Crippen molar-refractivity contribution in [3.05, 3.63) is 87.2 Å². The minimum absolute atomic E-state index is 0.0818. The Morgan fingerprint density at radius 3 is 2.65 bits per heavy atom. The number of amides is 2. The van der Waals surface area contributed by atoms with E-state index in [2.05, 4.69) is 10.3 Å². The van der Waals surface area contributed by atoms with Gasteiger partial charge in [-0.25, -0.2) is 4.98 Å². The molecule has 5 rings (SSSR count). The summed E-state index contributed by atoms with van der Waals surface area (Å²) in [5.41, 5.74) is 2.23. The van der Waals surface area contributed by atoms with Crippen LogP contribution in [0.1, 0.15) is 22.5 Å². The van der Waals surface area contributed by atoms with Gasteiger partial charge in [0.15, 0.2) is 0 Å². The van der Waals surface area contributed by atoms with Gasteiger partial charge in [0.1, 0.15) is 6.54 Å². The van der Waals surface area contributed by atoms with Crippen LogP contribution in [-0.2, 0) is 9.53 Å². The van der Waals surface area contributed by atoms with Gasteiger partial charge in [0.2, 0.25) is 11.9 Å². The molecular weight excluding hydrogens is 531 g/mol. The third kappa shape index (κ3) is 6.22. The van der Waals surface area contributed by atoms with Gasteiger partial charge in [-0.15, -0.1) is 11.3 Å². The lowest BCUT2D eigenvalue weighted by molar-refractivity contribution is -0.117. The van der Waals surface area contributed by atoms with Gasteiger partial charge >= 0.3 is 0 Å². The highest BCUT2D eigenvalue weighted by Crippen LogP contribution is 2.27. The number of ether oxygens (including phenoxy) is 1. The van der Waals surface area contributed by atoms with E-state index < -0.39 is 0 Å². The number of carbonyl (C=O) groups excluding carboxylic acids is 2. The standard InChI is InChI=1S/C27H24Cl2N4O3S/c28-19-10-8-18(9-11-19)23-16-33(21-5-1-4-20(29)14-21)27(30-23)31-25(34)17-32(15-22-6-2-12-36-22)26(35)24-7-3-13-37-24/h1,3-5,7-11,13-14,16,22H,2,6,12,15,17H2,(H,30,31,34). The topological polar surface area (TPSA) is 76.5 Å². The summed E-state index contributed by atoms with van der Waals surface area (Å²) in [6, 6.07) is 18.1. The van der Waals surface area contributed by atoms with Gasteiger partial charge in [-0.1, -0.05) is 47.5 Å². The third-order valence-corrected chi connectivity index (χ3v) is 7.33. The molecule has 0 spiro atoms. The monoisotopic (exact) mass is 554 g/mol. The molecule has 3 heterocycles. The van der Waals surface area contributed by atoms with E-state index in [0.717, 1.165) is 24.1 Å². The van der Waals surface area contributed by atoms with Crippen LogP contribution in [-0.4, -0.2) is 52.1 Å². The summed E-state index contributed by atoms with van der Waals surface area (Å²) >= 11 is 13.6. The number of anilines is 1. The first-order valence-electron chi connectivity index (χ1n) is 11.8. The van der Waals surface area contributed by atoms with E-state index in [1.165, 1.54) is 11.3 Å². The molecule has 0 saturated carbocycles. The third-order valence-electron chi connectivity index (χ3n) is 5.99. The highest BCUT2D eigenvalue weighted by atomic mass is 35.5. The first-order chi connectivity index (χ1) is 18.0. The number of nitrogens with zero attached hydrogens (tertiary/aromatic N) is 3. The maximum atomic E-state index is 13.3. The molecule has 2 aromatic heterocycles. The summed E-state index contributed by atoms with van der Waals surface area (Å²) in [5.74, 6) is -0.238. The van der Waals surface area contributed by atoms with Crippen molar-refractivity contribution in [3.63, 3.8) is 0 Å². The number of carbonyl (C=O) groups is 2. The molecule has 2 amide bonds. The van der Waals surface area contributed by atoms with Crippen LogP contribution in [0.2, 0.25) is 10.0 Å². The van der Waals surface area contributed by atoms with E-state index in [9.17, 15) is 9.59 Å². The van der Waals surface area contributed by atoms with Crippen LogP contribution in [0.5, 0.6) is 0 Å². The second kappa shape index (κ2) is 11.5. The maximum absolute atomic E-state index is 13.3. The number of benzene rings is 2. The van der Waals surface area contributed by atoms with Gasteiger partial charge in [0, 0.05) is 40.6 Å². The fourth-order valence-electron chi connectivity index (χ4n) is 4.20. The van der Waals surface area contributed by atoms with Crippen LogP contribution in [0.15, 0.2) is 72.2 Å². The predicted molar refractivity (Wildman–Crippen MR) is 147 cm³/mol. The molecule has 37 heavy (non-hydrogen) atoms. The zero-order valence-electron chi connectivity index (χ0n) is 19.8. The summed E-state index contributed by atoms with van der Waals surface area (Å²) in [7, 11) is 0. The van der Waals surface area contributed by atoms with Gasteiger partial charge < -0.3 is 9.64 Å². The molecule has 1 unspecified atom stereocenters. The molecule has 1 aliphatic heterocycles. The van der Waals surface area contributed by atoms with E-state index in [4.69, 9.17) is 27.9 Å². The van der Waals surface area contributed by atoms with Crippen LogP contribution in [0.3, 0.4) is 0 Å². The molecule has 0 radical (unpaired) electrons. The quantitative estimate of drug-likeness (QED) is 0.282. The lowest BCUT2D eigenvalue weighted by atomic mass is 10.2. The zero-order chi connectivity index (χ0) is 25.8. The van der Waals surface area contributed by atoms with Gasteiger partial charge in [-0.05, 0) is 54.6 Å². The van der Waals surface area contributed by atoms with Gasteiger partial charge in [0.05, 0.1) is 16.7 Å². The second-order valence-electron chi connectivity index (χ2n) is 8.65. The average molecular weight is 555 g/mol. The SMILES string of the molecule is O=C(CN(CC1CCCO1)C(=O)c1cccs1)Nc1nc(-c2ccc(Cl)cc2)cn1-c1cccc(Cl)c1. The highest BCUT2D eigenvalue weighted by molar-refractivity contribution is 7.12. The Morgan fingerprint density at radius 2 is 1.95 bits per heavy atom. The number of aromatic nitrogens is 2. The number of hydrogen-bond acceptors (Lipinski definition) is 5. The molecular formula is C27H24Cl2N4O3S. The van der Waals surface area contributed by atoms with Crippen molar-refractivity contribution in [3.8, 4) is 16.9 Å². The van der Waals surface area contributed by atoms with Crippen molar-refractivity contribution in [2.45, 2.75) is 18.9 Å². The number of imidazole rings is 1. The van der Waals surface area contributed by atoms with Crippen molar-refractivity contribution in [1.29, 1.82) is 0 Å². The smallest absolute Gasteiger partial charge is 0.264 e. The number of rotatable bonds is 8. The fourth-order valence-corrected chi connectivity index (χ4v) is 5.20. The number of hydrogen-bond donors (Lipinski definition) is 1. The number of halogens is 2. The lowest BCUT2D eigenvalue weighted by Crippen LogP contribution is -2.42. The molecule has 0 aliphatic carbocycles. The number of nitrogens with one attached hydrogen (secondary N) is 1. The van der Waals surface area contributed by atoms with Gasteiger partial charge in [0.25, 0.3) is 5.91 Å². The van der Waals surface area contributed by atoms with E-state index in [1.54, 1.807) is 39.8 Å². The Kier molecular flexibility index (Phi) is 7.90. The summed E-state index contributed by atoms with van der Waals surface area (Å²) in [6.07, 6.45) is 3.55. The highest BCUT2D eigenvalue weighted by Gasteiger charge is 2.26. The van der Waals surface area contributed by atoms with Crippen molar-refractivity contribution >= 4 is 52.3 Å². The Morgan fingerprint density at radius 1 is 1.11 bits per heavy atom. The first kappa shape index (κ1) is 25.5.